The maximum atomic E-state index is 13.6. The lowest BCUT2D eigenvalue weighted by Crippen LogP contribution is -2.46. The number of hydrogen-bond donors (Lipinski definition) is 3. The third-order valence-corrected chi connectivity index (χ3v) is 10.6. The van der Waals surface area contributed by atoms with Crippen LogP contribution >= 0.6 is 0 Å². The number of benzene rings is 4. The molecular formula is C38H41N3O6S. The van der Waals surface area contributed by atoms with E-state index in [9.17, 15) is 18.6 Å². The molecule has 9 nitrogen and oxygen atoms in total. The molecule has 0 bridgehead atoms. The normalized spacial score (nSPS) is 21.2. The van der Waals surface area contributed by atoms with Crippen LogP contribution in [-0.2, 0) is 26.1 Å². The van der Waals surface area contributed by atoms with Crippen molar-refractivity contribution < 1.29 is 28.1 Å². The summed E-state index contributed by atoms with van der Waals surface area (Å²) in [5, 5.41) is 21.5. The number of rotatable bonds is 11. The smallest absolute Gasteiger partial charge is 0.264 e. The Balaban J connectivity index is 1.27. The zero-order valence-corrected chi connectivity index (χ0v) is 28.0. The number of sulfonamides is 1. The van der Waals surface area contributed by atoms with Crippen molar-refractivity contribution in [3.05, 3.63) is 138 Å². The number of pyridine rings is 1. The summed E-state index contributed by atoms with van der Waals surface area (Å²) < 4.78 is 43.1. The average molecular weight is 668 g/mol. The van der Waals surface area contributed by atoms with Gasteiger partial charge < -0.3 is 19.7 Å². The zero-order chi connectivity index (χ0) is 33.8. The highest BCUT2D eigenvalue weighted by Gasteiger charge is 2.39. The Morgan fingerprint density at radius 2 is 1.62 bits per heavy atom. The lowest BCUT2D eigenvalue weighted by molar-refractivity contribution is -0.276. The number of nitrogens with one attached hydrogen (secondary N) is 1. The van der Waals surface area contributed by atoms with Crippen LogP contribution in [0.15, 0.2) is 120 Å². The van der Waals surface area contributed by atoms with Crippen LogP contribution in [0.25, 0.3) is 10.9 Å². The van der Waals surface area contributed by atoms with Gasteiger partial charge in [-0.05, 0) is 54.9 Å². The van der Waals surface area contributed by atoms with Gasteiger partial charge in [0.25, 0.3) is 10.0 Å². The summed E-state index contributed by atoms with van der Waals surface area (Å²) in [5.41, 5.74) is 4.00. The molecule has 0 radical (unpaired) electrons. The number of fused-ring (bicyclic) bond motifs is 1. The standard InChI is InChI=1S/C38H41N3O6S/c1-25-33(23-41(3)26(2)36(43)29-10-5-4-6-11-29)46-38(47-37(25)30-19-17-27(24-42)18-20-30)31-13-7-15-32(22-31)40-48(44,45)34-16-8-12-28-14-9-21-39-35(28)34/h4-22,25-26,33,36-38,40,42-43H,23-24H2,1-3H3/t25-,26-,33+,36-,37+,38?/m0/s1. The second-order valence-electron chi connectivity index (χ2n) is 12.4. The first kappa shape index (κ1) is 33.7. The molecule has 0 saturated carbocycles. The van der Waals surface area contributed by atoms with E-state index in [1.54, 1.807) is 42.6 Å². The van der Waals surface area contributed by atoms with E-state index >= 15 is 0 Å². The number of hydrogen-bond acceptors (Lipinski definition) is 8. The monoisotopic (exact) mass is 667 g/mol. The number of para-hydroxylation sites is 1. The van der Waals surface area contributed by atoms with Crippen molar-refractivity contribution in [1.29, 1.82) is 0 Å². The first-order valence-corrected chi connectivity index (χ1v) is 17.5. The zero-order valence-electron chi connectivity index (χ0n) is 27.2. The Kier molecular flexibility index (Phi) is 10.2. The Morgan fingerprint density at radius 1 is 0.896 bits per heavy atom. The number of ether oxygens (including phenoxy) is 2. The highest BCUT2D eigenvalue weighted by atomic mass is 32.2. The summed E-state index contributed by atoms with van der Waals surface area (Å²) in [6.45, 7) is 4.53. The molecule has 0 spiro atoms. The molecule has 1 saturated heterocycles. The molecule has 48 heavy (non-hydrogen) atoms. The maximum Gasteiger partial charge on any atom is 0.264 e. The first-order chi connectivity index (χ1) is 23.1. The SMILES string of the molecule is C[C@H]1[C@@H](CN(C)[C@@H](C)[C@H](O)c2ccccc2)OC(c2cccc(NS(=O)(=O)c3cccc4cccnc34)c2)O[C@H]1c1ccc(CO)cc1. The van der Waals surface area contributed by atoms with Gasteiger partial charge in [0, 0.05) is 41.3 Å². The van der Waals surface area contributed by atoms with Crippen LogP contribution in [0.1, 0.15) is 54.6 Å². The van der Waals surface area contributed by atoms with E-state index in [1.165, 1.54) is 0 Å². The van der Waals surface area contributed by atoms with Crippen molar-refractivity contribution >= 4 is 26.6 Å². The van der Waals surface area contributed by atoms with Gasteiger partial charge >= 0.3 is 0 Å². The van der Waals surface area contributed by atoms with Crippen molar-refractivity contribution in [1.82, 2.24) is 9.88 Å². The Labute approximate surface area is 281 Å². The molecule has 0 aliphatic carbocycles. The first-order valence-electron chi connectivity index (χ1n) is 16.0. The second-order valence-corrected chi connectivity index (χ2v) is 14.1. The van der Waals surface area contributed by atoms with Crippen LogP contribution in [0.3, 0.4) is 0 Å². The van der Waals surface area contributed by atoms with Gasteiger partial charge in [-0.3, -0.25) is 14.6 Å². The summed E-state index contributed by atoms with van der Waals surface area (Å²) in [7, 11) is -2.00. The quantitative estimate of drug-likeness (QED) is 0.149. The van der Waals surface area contributed by atoms with Gasteiger partial charge in [-0.15, -0.1) is 0 Å². The fraction of sp³-hybridized carbons (Fsp3) is 0.289. The van der Waals surface area contributed by atoms with Crippen molar-refractivity contribution in [2.75, 3.05) is 18.3 Å². The molecule has 3 N–H and O–H groups in total. The number of aliphatic hydroxyl groups is 2. The third kappa shape index (κ3) is 7.29. The van der Waals surface area contributed by atoms with Crippen LogP contribution in [0.4, 0.5) is 5.69 Å². The van der Waals surface area contributed by atoms with Gasteiger partial charge in [0.1, 0.15) is 4.90 Å². The molecule has 1 aromatic heterocycles. The summed E-state index contributed by atoms with van der Waals surface area (Å²) in [6.07, 6.45) is -0.577. The summed E-state index contributed by atoms with van der Waals surface area (Å²) in [5.74, 6) is -0.0784. The van der Waals surface area contributed by atoms with Gasteiger partial charge in [0.2, 0.25) is 0 Å². The Hall–Kier alpha value is -4.16. The van der Waals surface area contributed by atoms with E-state index in [2.05, 4.69) is 21.5 Å². The van der Waals surface area contributed by atoms with E-state index in [-0.39, 0.29) is 35.7 Å². The van der Waals surface area contributed by atoms with Crippen LogP contribution in [0.5, 0.6) is 0 Å². The number of nitrogens with zero attached hydrogens (tertiary/aromatic N) is 2. The van der Waals surface area contributed by atoms with Gasteiger partial charge in [-0.2, -0.15) is 0 Å². The lowest BCUT2D eigenvalue weighted by atomic mass is 9.89. The molecule has 6 rings (SSSR count). The highest BCUT2D eigenvalue weighted by molar-refractivity contribution is 7.93. The molecule has 0 amide bonds. The maximum absolute atomic E-state index is 13.6. The van der Waals surface area contributed by atoms with E-state index in [0.29, 0.717) is 23.3 Å². The molecule has 2 heterocycles. The molecule has 1 fully saturated rings. The number of aromatic nitrogens is 1. The predicted molar refractivity (Wildman–Crippen MR) is 185 cm³/mol. The lowest BCUT2D eigenvalue weighted by Gasteiger charge is -2.43. The third-order valence-electron chi connectivity index (χ3n) is 9.18. The minimum absolute atomic E-state index is 0.0559. The van der Waals surface area contributed by atoms with Crippen molar-refractivity contribution in [2.24, 2.45) is 5.92 Å². The van der Waals surface area contributed by atoms with Crippen molar-refractivity contribution in [3.63, 3.8) is 0 Å². The van der Waals surface area contributed by atoms with Gasteiger partial charge in [-0.25, -0.2) is 8.42 Å². The van der Waals surface area contributed by atoms with Crippen LogP contribution in [-0.4, -0.2) is 54.3 Å². The van der Waals surface area contributed by atoms with E-state index < -0.39 is 22.4 Å². The molecule has 1 unspecified atom stereocenters. The van der Waals surface area contributed by atoms with Crippen LogP contribution in [0.2, 0.25) is 0 Å². The molecule has 6 atom stereocenters. The van der Waals surface area contributed by atoms with Gasteiger partial charge in [0.15, 0.2) is 6.29 Å². The molecule has 1 aliphatic heterocycles. The fourth-order valence-corrected chi connectivity index (χ4v) is 7.43. The fourth-order valence-electron chi connectivity index (χ4n) is 6.20. The molecular weight excluding hydrogens is 627 g/mol. The summed E-state index contributed by atoms with van der Waals surface area (Å²) >= 11 is 0. The van der Waals surface area contributed by atoms with Gasteiger partial charge in [-0.1, -0.05) is 91.9 Å². The summed E-state index contributed by atoms with van der Waals surface area (Å²) in [4.78, 5) is 6.50. The molecule has 10 heteroatoms. The number of likely N-dealkylation sites (N-methyl/N-ethyl adjacent to an activating group) is 1. The highest BCUT2D eigenvalue weighted by Crippen LogP contribution is 2.42. The molecule has 5 aromatic rings. The molecule has 1 aliphatic rings. The number of anilines is 1. The van der Waals surface area contributed by atoms with Crippen molar-refractivity contribution in [3.8, 4) is 0 Å². The van der Waals surface area contributed by atoms with E-state index in [0.717, 1.165) is 22.1 Å². The predicted octanol–water partition coefficient (Wildman–Crippen LogP) is 6.37. The second kappa shape index (κ2) is 14.5. The van der Waals surface area contributed by atoms with E-state index in [1.807, 2.05) is 86.8 Å². The molecule has 4 aromatic carbocycles. The average Bonchev–Trinajstić information content (AvgIpc) is 3.11. The van der Waals surface area contributed by atoms with Crippen molar-refractivity contribution in [2.45, 2.75) is 56.0 Å². The van der Waals surface area contributed by atoms with Gasteiger partial charge in [0.05, 0.1) is 30.4 Å². The molecule has 250 valence electrons. The van der Waals surface area contributed by atoms with Crippen LogP contribution in [0, 0.1) is 5.92 Å². The Morgan fingerprint density at radius 3 is 2.38 bits per heavy atom. The topological polar surface area (TPSA) is 121 Å². The minimum Gasteiger partial charge on any atom is -0.392 e. The Bertz CT molecular complexity index is 1930. The van der Waals surface area contributed by atoms with Crippen LogP contribution < -0.4 is 4.72 Å². The van der Waals surface area contributed by atoms with E-state index in [4.69, 9.17) is 9.47 Å². The minimum atomic E-state index is -3.97. The number of aliphatic hydroxyl groups excluding tert-OH is 2. The largest absolute Gasteiger partial charge is 0.392 e. The summed E-state index contributed by atoms with van der Waals surface area (Å²) in [6, 6.07) is 32.8.